The molecule has 9 heteroatoms. The number of aromatic nitrogens is 6. The summed E-state index contributed by atoms with van der Waals surface area (Å²) in [4.78, 5) is 10.4. The lowest BCUT2D eigenvalue weighted by Gasteiger charge is -2.31. The van der Waals surface area contributed by atoms with E-state index in [2.05, 4.69) is 32.2 Å². The minimum Gasteiger partial charge on any atom is -0.507 e. The summed E-state index contributed by atoms with van der Waals surface area (Å²) < 4.78 is 16.4. The molecule has 1 saturated carbocycles. The third kappa shape index (κ3) is 4.50. The van der Waals surface area contributed by atoms with Gasteiger partial charge in [-0.2, -0.15) is 5.10 Å². The monoisotopic (exact) mass is 425 g/mol. The fraction of sp³-hybridized carbons (Fsp3) is 0.500. The SMILES string of the molecule is CC[C@@H]1CCC[C@H](F)[C@H](N(C)c2cnc(-c3ccc(-c4ncn(C)n4)cc3O)nn2)C1. The molecule has 1 fully saturated rings. The Balaban J connectivity index is 1.53. The molecule has 0 radical (unpaired) electrons. The zero-order valence-corrected chi connectivity index (χ0v) is 18.1. The maximum atomic E-state index is 14.8. The van der Waals surface area contributed by atoms with Crippen molar-refractivity contribution in [3.05, 3.63) is 30.7 Å². The van der Waals surface area contributed by atoms with Gasteiger partial charge in [-0.1, -0.05) is 32.3 Å². The molecule has 0 saturated heterocycles. The summed E-state index contributed by atoms with van der Waals surface area (Å²) >= 11 is 0. The van der Waals surface area contributed by atoms with Crippen molar-refractivity contribution in [2.75, 3.05) is 11.9 Å². The molecule has 1 aliphatic carbocycles. The van der Waals surface area contributed by atoms with Crippen LogP contribution in [0.4, 0.5) is 10.2 Å². The van der Waals surface area contributed by atoms with Gasteiger partial charge in [0.1, 0.15) is 18.2 Å². The van der Waals surface area contributed by atoms with Crippen LogP contribution >= 0.6 is 0 Å². The Hall–Kier alpha value is -3.10. The van der Waals surface area contributed by atoms with Crippen molar-refractivity contribution in [3.8, 4) is 28.5 Å². The van der Waals surface area contributed by atoms with E-state index in [1.807, 2.05) is 11.9 Å². The number of phenolic OH excluding ortho intramolecular Hbond substituents is 1. The van der Waals surface area contributed by atoms with Gasteiger partial charge in [0.05, 0.1) is 17.8 Å². The minimum absolute atomic E-state index is 0.0197. The van der Waals surface area contributed by atoms with Crippen LogP contribution in [-0.4, -0.2) is 54.3 Å². The average molecular weight is 426 g/mol. The molecule has 1 aliphatic rings. The molecule has 3 atom stereocenters. The minimum atomic E-state index is -0.889. The Labute approximate surface area is 181 Å². The zero-order valence-electron chi connectivity index (χ0n) is 18.1. The summed E-state index contributed by atoms with van der Waals surface area (Å²) in [7, 11) is 3.64. The fourth-order valence-electron chi connectivity index (χ4n) is 4.23. The summed E-state index contributed by atoms with van der Waals surface area (Å²) in [6.07, 6.45) is 6.75. The molecule has 8 nitrogen and oxygen atoms in total. The predicted molar refractivity (Wildman–Crippen MR) is 116 cm³/mol. The van der Waals surface area contributed by atoms with Crippen LogP contribution in [0.3, 0.4) is 0 Å². The van der Waals surface area contributed by atoms with Crippen molar-refractivity contribution in [2.24, 2.45) is 13.0 Å². The number of nitrogens with zero attached hydrogens (tertiary/aromatic N) is 7. The standard InChI is InChI=1S/C22H28FN7O/c1-4-14-6-5-7-17(23)18(10-14)30(3)20-12-24-22(27-26-20)16-9-8-15(11-19(16)31)21-25-13-29(2)28-21/h8-9,11-14,17-18,31H,4-7,10H2,1-3H3/t14-,17+,18-/m1/s1. The van der Waals surface area contributed by atoms with Crippen LogP contribution in [0.2, 0.25) is 0 Å². The Morgan fingerprint density at radius 3 is 2.68 bits per heavy atom. The molecule has 0 bridgehead atoms. The molecule has 0 aliphatic heterocycles. The van der Waals surface area contributed by atoms with Crippen molar-refractivity contribution in [3.63, 3.8) is 0 Å². The number of benzene rings is 1. The Morgan fingerprint density at radius 2 is 2.03 bits per heavy atom. The molecule has 3 aromatic rings. The first-order valence-corrected chi connectivity index (χ1v) is 10.7. The second-order valence-corrected chi connectivity index (χ2v) is 8.25. The van der Waals surface area contributed by atoms with Crippen LogP contribution in [0.25, 0.3) is 22.8 Å². The first kappa shape index (κ1) is 21.1. The molecule has 31 heavy (non-hydrogen) atoms. The fourth-order valence-corrected chi connectivity index (χ4v) is 4.23. The van der Waals surface area contributed by atoms with Gasteiger partial charge in [0.2, 0.25) is 0 Å². The van der Waals surface area contributed by atoms with Gasteiger partial charge in [-0.05, 0) is 30.9 Å². The molecular weight excluding hydrogens is 397 g/mol. The molecule has 2 heterocycles. The Morgan fingerprint density at radius 1 is 1.19 bits per heavy atom. The zero-order chi connectivity index (χ0) is 22.0. The second kappa shape index (κ2) is 8.95. The number of aromatic hydroxyl groups is 1. The lowest BCUT2D eigenvalue weighted by molar-refractivity contribution is 0.253. The van der Waals surface area contributed by atoms with Crippen molar-refractivity contribution >= 4 is 5.82 Å². The maximum absolute atomic E-state index is 14.8. The number of phenols is 1. The van der Waals surface area contributed by atoms with Gasteiger partial charge < -0.3 is 10.0 Å². The molecule has 164 valence electrons. The van der Waals surface area contributed by atoms with Crippen LogP contribution in [0.15, 0.2) is 30.7 Å². The normalized spacial score (nSPS) is 21.6. The van der Waals surface area contributed by atoms with Crippen LogP contribution in [0.5, 0.6) is 5.75 Å². The number of hydrogen-bond donors (Lipinski definition) is 1. The molecule has 1 aromatic carbocycles. The van der Waals surface area contributed by atoms with Crippen LogP contribution in [-0.2, 0) is 7.05 Å². The number of anilines is 1. The number of rotatable bonds is 5. The first-order chi connectivity index (χ1) is 15.0. The summed E-state index contributed by atoms with van der Waals surface area (Å²) in [5.41, 5.74) is 1.16. The first-order valence-electron chi connectivity index (χ1n) is 10.7. The third-order valence-electron chi connectivity index (χ3n) is 6.17. The molecule has 0 unspecified atom stereocenters. The number of halogens is 1. The Bertz CT molecular complexity index is 1020. The van der Waals surface area contributed by atoms with E-state index in [-0.39, 0.29) is 11.8 Å². The smallest absolute Gasteiger partial charge is 0.185 e. The van der Waals surface area contributed by atoms with Gasteiger partial charge in [-0.3, -0.25) is 4.68 Å². The van der Waals surface area contributed by atoms with Gasteiger partial charge in [0.25, 0.3) is 0 Å². The van der Waals surface area contributed by atoms with E-state index in [1.165, 1.54) is 0 Å². The van der Waals surface area contributed by atoms with E-state index < -0.39 is 6.17 Å². The van der Waals surface area contributed by atoms with E-state index in [4.69, 9.17) is 0 Å². The van der Waals surface area contributed by atoms with Crippen molar-refractivity contribution in [2.45, 2.75) is 51.2 Å². The van der Waals surface area contributed by atoms with Gasteiger partial charge in [-0.25, -0.2) is 14.4 Å². The van der Waals surface area contributed by atoms with E-state index in [0.717, 1.165) is 25.7 Å². The number of aryl methyl sites for hydroxylation is 1. The molecular formula is C22H28FN7O. The third-order valence-corrected chi connectivity index (χ3v) is 6.17. The average Bonchev–Trinajstić information content (AvgIpc) is 3.12. The quantitative estimate of drug-likeness (QED) is 0.622. The number of alkyl halides is 1. The second-order valence-electron chi connectivity index (χ2n) is 8.25. The van der Waals surface area contributed by atoms with Gasteiger partial charge in [-0.15, -0.1) is 10.2 Å². The summed E-state index contributed by atoms with van der Waals surface area (Å²) in [6, 6.07) is 4.87. The van der Waals surface area contributed by atoms with Crippen LogP contribution < -0.4 is 4.90 Å². The van der Waals surface area contributed by atoms with Crippen molar-refractivity contribution in [1.29, 1.82) is 0 Å². The van der Waals surface area contributed by atoms with Gasteiger partial charge in [0.15, 0.2) is 17.5 Å². The van der Waals surface area contributed by atoms with E-state index in [0.29, 0.717) is 40.9 Å². The predicted octanol–water partition coefficient (Wildman–Crippen LogP) is 3.78. The van der Waals surface area contributed by atoms with Crippen molar-refractivity contribution < 1.29 is 9.50 Å². The van der Waals surface area contributed by atoms with Gasteiger partial charge >= 0.3 is 0 Å². The maximum Gasteiger partial charge on any atom is 0.185 e. The molecule has 2 aromatic heterocycles. The topological polar surface area (TPSA) is 92.9 Å². The molecule has 1 N–H and O–H groups in total. The van der Waals surface area contributed by atoms with Crippen LogP contribution in [0.1, 0.15) is 39.0 Å². The highest BCUT2D eigenvalue weighted by atomic mass is 19.1. The van der Waals surface area contributed by atoms with E-state index >= 15 is 0 Å². The summed E-state index contributed by atoms with van der Waals surface area (Å²) in [5.74, 6) is 1.90. The van der Waals surface area contributed by atoms with Crippen molar-refractivity contribution in [1.82, 2.24) is 29.9 Å². The lowest BCUT2D eigenvalue weighted by Crippen LogP contribution is -2.40. The van der Waals surface area contributed by atoms with E-state index in [9.17, 15) is 9.50 Å². The summed E-state index contributed by atoms with van der Waals surface area (Å²) in [5, 5.41) is 23.2. The summed E-state index contributed by atoms with van der Waals surface area (Å²) in [6.45, 7) is 2.16. The number of hydrogen-bond acceptors (Lipinski definition) is 7. The Kier molecular flexibility index (Phi) is 6.11. The largest absolute Gasteiger partial charge is 0.507 e. The van der Waals surface area contributed by atoms with Crippen LogP contribution in [0, 0.1) is 5.92 Å². The molecule has 4 rings (SSSR count). The highest BCUT2D eigenvalue weighted by molar-refractivity contribution is 5.70. The van der Waals surface area contributed by atoms with E-state index in [1.54, 1.807) is 42.5 Å². The highest BCUT2D eigenvalue weighted by Gasteiger charge is 2.31. The molecule has 0 spiro atoms. The highest BCUT2D eigenvalue weighted by Crippen LogP contribution is 2.33. The lowest BCUT2D eigenvalue weighted by atomic mass is 9.94. The molecule has 0 amide bonds. The van der Waals surface area contributed by atoms with Gasteiger partial charge in [0, 0.05) is 19.7 Å².